The van der Waals surface area contributed by atoms with E-state index in [1.54, 1.807) is 0 Å². The molecule has 2 aliphatic rings. The van der Waals surface area contributed by atoms with E-state index in [9.17, 15) is 4.79 Å². The molecule has 0 saturated heterocycles. The van der Waals surface area contributed by atoms with Crippen LogP contribution in [0.2, 0.25) is 0 Å². The quantitative estimate of drug-likeness (QED) is 0.736. The molecule has 2 aliphatic carbocycles. The van der Waals surface area contributed by atoms with E-state index < -0.39 is 0 Å². The van der Waals surface area contributed by atoms with Crippen LogP contribution >= 0.6 is 0 Å². The van der Waals surface area contributed by atoms with Crippen LogP contribution < -0.4 is 5.73 Å². The summed E-state index contributed by atoms with van der Waals surface area (Å²) in [5.41, 5.74) is 6.06. The van der Waals surface area contributed by atoms with Crippen molar-refractivity contribution in [3.05, 3.63) is 12.7 Å². The van der Waals surface area contributed by atoms with Gasteiger partial charge >= 0.3 is 0 Å². The summed E-state index contributed by atoms with van der Waals surface area (Å²) < 4.78 is 0. The first-order valence-electron chi connectivity index (χ1n) is 6.41. The lowest BCUT2D eigenvalue weighted by molar-refractivity contribution is -0.137. The zero-order chi connectivity index (χ0) is 11.5. The van der Waals surface area contributed by atoms with Crippen molar-refractivity contribution in [2.45, 2.75) is 50.6 Å². The Hall–Kier alpha value is -0.830. The summed E-state index contributed by atoms with van der Waals surface area (Å²) in [5.74, 6) is 0.337. The summed E-state index contributed by atoms with van der Waals surface area (Å²) in [6.07, 6.45) is 8.43. The summed E-state index contributed by atoms with van der Waals surface area (Å²) in [5, 5.41) is 0. The van der Waals surface area contributed by atoms with Gasteiger partial charge in [-0.3, -0.25) is 4.79 Å². The molecule has 2 fully saturated rings. The number of hydrogen-bond acceptors (Lipinski definition) is 2. The lowest BCUT2D eigenvalue weighted by Gasteiger charge is -2.32. The Morgan fingerprint density at radius 2 is 2.00 bits per heavy atom. The molecule has 0 aromatic heterocycles. The predicted molar refractivity (Wildman–Crippen MR) is 64.9 cm³/mol. The average molecular weight is 222 g/mol. The maximum Gasteiger partial charge on any atom is 0.227 e. The highest BCUT2D eigenvalue weighted by atomic mass is 16.2. The molecule has 2 saturated carbocycles. The minimum Gasteiger partial charge on any atom is -0.336 e. The summed E-state index contributed by atoms with van der Waals surface area (Å²) in [4.78, 5) is 14.4. The fourth-order valence-corrected chi connectivity index (χ4v) is 2.62. The van der Waals surface area contributed by atoms with Crippen LogP contribution in [-0.4, -0.2) is 29.4 Å². The molecule has 2 unspecified atom stereocenters. The van der Waals surface area contributed by atoms with Crippen molar-refractivity contribution in [3.63, 3.8) is 0 Å². The number of carbonyl (C=O) groups excluding carboxylic acids is 1. The standard InChI is InChI=1S/C13H22N2O/c1-2-9-15(10-7-8-10)13(16)11-5-3-4-6-12(11)14/h2,10-12H,1,3-9,14H2. The number of nitrogens with two attached hydrogens (primary N) is 1. The fourth-order valence-electron chi connectivity index (χ4n) is 2.62. The van der Waals surface area contributed by atoms with E-state index in [2.05, 4.69) is 6.58 Å². The largest absolute Gasteiger partial charge is 0.336 e. The topological polar surface area (TPSA) is 46.3 Å². The highest BCUT2D eigenvalue weighted by molar-refractivity contribution is 5.80. The molecule has 0 heterocycles. The normalized spacial score (nSPS) is 29.8. The molecule has 0 bridgehead atoms. The smallest absolute Gasteiger partial charge is 0.227 e. The third kappa shape index (κ3) is 2.46. The monoisotopic (exact) mass is 222 g/mol. The highest BCUT2D eigenvalue weighted by Gasteiger charge is 2.37. The third-order valence-electron chi connectivity index (χ3n) is 3.73. The first-order chi connectivity index (χ1) is 7.74. The second-order valence-corrected chi connectivity index (χ2v) is 5.07. The predicted octanol–water partition coefficient (Wildman–Crippen LogP) is 1.68. The van der Waals surface area contributed by atoms with Gasteiger partial charge in [0.05, 0.1) is 5.92 Å². The van der Waals surface area contributed by atoms with Gasteiger partial charge in [-0.25, -0.2) is 0 Å². The molecule has 2 rings (SSSR count). The summed E-state index contributed by atoms with van der Waals surface area (Å²) >= 11 is 0. The first kappa shape index (κ1) is 11.6. The molecule has 90 valence electrons. The molecule has 3 heteroatoms. The molecule has 1 amide bonds. The van der Waals surface area contributed by atoms with Crippen molar-refractivity contribution in [2.24, 2.45) is 11.7 Å². The Labute approximate surface area is 97.7 Å². The minimum absolute atomic E-state index is 0.0642. The molecular weight excluding hydrogens is 200 g/mol. The number of nitrogens with zero attached hydrogens (tertiary/aromatic N) is 1. The molecule has 3 nitrogen and oxygen atoms in total. The van der Waals surface area contributed by atoms with E-state index in [-0.39, 0.29) is 17.9 Å². The van der Waals surface area contributed by atoms with E-state index in [4.69, 9.17) is 5.73 Å². The molecule has 0 spiro atoms. The first-order valence-corrected chi connectivity index (χ1v) is 6.41. The summed E-state index contributed by atoms with van der Waals surface area (Å²) in [6.45, 7) is 4.42. The molecule has 0 radical (unpaired) electrons. The SMILES string of the molecule is C=CCN(C(=O)C1CCCCC1N)C1CC1. The van der Waals surface area contributed by atoms with E-state index in [0.717, 1.165) is 32.1 Å². The van der Waals surface area contributed by atoms with Gasteiger partial charge in [-0.05, 0) is 25.7 Å². The van der Waals surface area contributed by atoms with Crippen LogP contribution in [0.4, 0.5) is 0 Å². The van der Waals surface area contributed by atoms with Gasteiger partial charge in [-0.2, -0.15) is 0 Å². The molecule has 0 aliphatic heterocycles. The van der Waals surface area contributed by atoms with Crippen molar-refractivity contribution >= 4 is 5.91 Å². The van der Waals surface area contributed by atoms with Crippen LogP contribution in [0.1, 0.15) is 38.5 Å². The third-order valence-corrected chi connectivity index (χ3v) is 3.73. The lowest BCUT2D eigenvalue weighted by atomic mass is 9.84. The molecule has 16 heavy (non-hydrogen) atoms. The Balaban J connectivity index is 1.99. The van der Waals surface area contributed by atoms with Crippen molar-refractivity contribution < 1.29 is 4.79 Å². The van der Waals surface area contributed by atoms with Crippen molar-refractivity contribution in [1.82, 2.24) is 4.90 Å². The molecule has 0 aromatic carbocycles. The molecule has 2 atom stereocenters. The van der Waals surface area contributed by atoms with Gasteiger partial charge in [0, 0.05) is 18.6 Å². The fraction of sp³-hybridized carbons (Fsp3) is 0.769. The van der Waals surface area contributed by atoms with Gasteiger partial charge in [0.2, 0.25) is 5.91 Å². The van der Waals surface area contributed by atoms with Crippen molar-refractivity contribution in [1.29, 1.82) is 0 Å². The van der Waals surface area contributed by atoms with Gasteiger partial charge in [-0.15, -0.1) is 6.58 Å². The lowest BCUT2D eigenvalue weighted by Crippen LogP contribution is -2.46. The molecule has 2 N–H and O–H groups in total. The van der Waals surface area contributed by atoms with Gasteiger partial charge in [-0.1, -0.05) is 18.9 Å². The van der Waals surface area contributed by atoms with Crippen LogP contribution in [0.25, 0.3) is 0 Å². The van der Waals surface area contributed by atoms with Crippen molar-refractivity contribution in [2.75, 3.05) is 6.54 Å². The van der Waals surface area contributed by atoms with Gasteiger partial charge in [0.1, 0.15) is 0 Å². The van der Waals surface area contributed by atoms with Crippen LogP contribution in [-0.2, 0) is 4.79 Å². The average Bonchev–Trinajstić information content (AvgIpc) is 3.09. The molecular formula is C13H22N2O. The Bertz CT molecular complexity index is 273. The van der Waals surface area contributed by atoms with Crippen molar-refractivity contribution in [3.8, 4) is 0 Å². The Morgan fingerprint density at radius 1 is 1.31 bits per heavy atom. The number of amides is 1. The zero-order valence-electron chi connectivity index (χ0n) is 9.90. The van der Waals surface area contributed by atoms with E-state index >= 15 is 0 Å². The Morgan fingerprint density at radius 3 is 2.56 bits per heavy atom. The Kier molecular flexibility index (Phi) is 3.64. The number of carbonyl (C=O) groups is 1. The number of rotatable bonds is 4. The highest BCUT2D eigenvalue weighted by Crippen LogP contribution is 2.31. The molecule has 0 aromatic rings. The van der Waals surface area contributed by atoms with E-state index in [0.29, 0.717) is 12.6 Å². The van der Waals surface area contributed by atoms with Crippen LogP contribution in [0.3, 0.4) is 0 Å². The van der Waals surface area contributed by atoms with Crippen LogP contribution in [0.5, 0.6) is 0 Å². The second-order valence-electron chi connectivity index (χ2n) is 5.07. The minimum atomic E-state index is 0.0642. The maximum absolute atomic E-state index is 12.4. The zero-order valence-corrected chi connectivity index (χ0v) is 9.90. The second kappa shape index (κ2) is 5.00. The maximum atomic E-state index is 12.4. The van der Waals surface area contributed by atoms with Crippen LogP contribution in [0, 0.1) is 5.92 Å². The number of hydrogen-bond donors (Lipinski definition) is 1. The van der Waals surface area contributed by atoms with Gasteiger partial charge in [0.15, 0.2) is 0 Å². The summed E-state index contributed by atoms with van der Waals surface area (Å²) in [6, 6.07) is 0.548. The van der Waals surface area contributed by atoms with Gasteiger partial charge < -0.3 is 10.6 Å². The van der Waals surface area contributed by atoms with Crippen LogP contribution in [0.15, 0.2) is 12.7 Å². The summed E-state index contributed by atoms with van der Waals surface area (Å²) in [7, 11) is 0. The van der Waals surface area contributed by atoms with E-state index in [1.165, 1.54) is 6.42 Å². The van der Waals surface area contributed by atoms with Gasteiger partial charge in [0.25, 0.3) is 0 Å². The van der Waals surface area contributed by atoms with E-state index in [1.807, 2.05) is 11.0 Å².